The number of carbonyl (C=O) groups excluding carboxylic acids is 2. The first-order valence-electron chi connectivity index (χ1n) is 9.17. The van der Waals surface area contributed by atoms with E-state index in [9.17, 15) is 19.7 Å². The molecule has 0 saturated carbocycles. The number of nitrogens with zero attached hydrogens (tertiary/aromatic N) is 1. The van der Waals surface area contributed by atoms with E-state index in [4.69, 9.17) is 4.74 Å². The van der Waals surface area contributed by atoms with E-state index in [1.807, 2.05) is 6.07 Å². The number of nitro groups is 1. The molecule has 0 aliphatic carbocycles. The molecule has 2 N–H and O–H groups in total. The Balaban J connectivity index is 1.54. The summed E-state index contributed by atoms with van der Waals surface area (Å²) in [6.07, 6.45) is 0. The van der Waals surface area contributed by atoms with E-state index in [1.54, 1.807) is 49.6 Å². The molecule has 0 aliphatic rings. The molecule has 0 fully saturated rings. The van der Waals surface area contributed by atoms with Crippen molar-refractivity contribution in [3.63, 3.8) is 0 Å². The smallest absolute Gasteiger partial charge is 0.269 e. The van der Waals surface area contributed by atoms with Crippen LogP contribution in [0.4, 0.5) is 17.1 Å². The lowest BCUT2D eigenvalue weighted by molar-refractivity contribution is -0.384. The Hall–Kier alpha value is -3.85. The number of ether oxygens (including phenoxy) is 1. The number of non-ortho nitro benzene ring substituents is 1. The molecule has 9 heteroatoms. The zero-order valence-corrected chi connectivity index (χ0v) is 17.3. The van der Waals surface area contributed by atoms with Crippen molar-refractivity contribution in [3.8, 4) is 5.75 Å². The summed E-state index contributed by atoms with van der Waals surface area (Å²) in [5, 5.41) is 16.2. The van der Waals surface area contributed by atoms with Gasteiger partial charge in [0, 0.05) is 34.0 Å². The lowest BCUT2D eigenvalue weighted by atomic mass is 10.2. The predicted octanol–water partition coefficient (Wildman–Crippen LogP) is 4.59. The third-order valence-electron chi connectivity index (χ3n) is 4.18. The molecule has 158 valence electrons. The first-order valence-corrected chi connectivity index (χ1v) is 10.2. The van der Waals surface area contributed by atoms with Crippen molar-refractivity contribution >= 4 is 40.6 Å². The number of benzene rings is 3. The summed E-state index contributed by atoms with van der Waals surface area (Å²) in [4.78, 5) is 35.5. The standard InChI is InChI=1S/C22H19N3O5S/c1-30-19-11-5-15(6-12-19)22(27)24-17-3-2-4-20(13-17)31-14-21(26)23-16-7-9-18(10-8-16)25(28)29/h2-13H,14H2,1H3,(H,23,26)(H,24,27). The molecule has 0 unspecified atom stereocenters. The molecule has 3 aromatic rings. The van der Waals surface area contributed by atoms with Crippen LogP contribution in [0.1, 0.15) is 10.4 Å². The molecule has 2 amide bonds. The number of nitro benzene ring substituents is 1. The molecule has 0 saturated heterocycles. The Bertz CT molecular complexity index is 1090. The summed E-state index contributed by atoms with van der Waals surface area (Å²) < 4.78 is 5.09. The fraction of sp³-hybridized carbons (Fsp3) is 0.0909. The van der Waals surface area contributed by atoms with Gasteiger partial charge in [0.2, 0.25) is 5.91 Å². The number of thioether (sulfide) groups is 1. The van der Waals surface area contributed by atoms with E-state index >= 15 is 0 Å². The number of methoxy groups -OCH3 is 1. The van der Waals surface area contributed by atoms with Crippen LogP contribution >= 0.6 is 11.8 Å². The number of carbonyl (C=O) groups is 2. The minimum atomic E-state index is -0.498. The molecule has 0 radical (unpaired) electrons. The molecule has 0 bridgehead atoms. The first-order chi connectivity index (χ1) is 14.9. The highest BCUT2D eigenvalue weighted by Gasteiger charge is 2.09. The molecule has 0 atom stereocenters. The Morgan fingerprint density at radius 1 is 0.968 bits per heavy atom. The second-order valence-corrected chi connectivity index (χ2v) is 7.40. The van der Waals surface area contributed by atoms with Gasteiger partial charge in [-0.15, -0.1) is 11.8 Å². The summed E-state index contributed by atoms with van der Waals surface area (Å²) in [5.74, 6) is 0.321. The molecular weight excluding hydrogens is 418 g/mol. The van der Waals surface area contributed by atoms with Gasteiger partial charge < -0.3 is 15.4 Å². The molecule has 3 rings (SSSR count). The van der Waals surface area contributed by atoms with Gasteiger partial charge in [-0.1, -0.05) is 6.07 Å². The van der Waals surface area contributed by atoms with Gasteiger partial charge in [-0.05, 0) is 54.6 Å². The van der Waals surface area contributed by atoms with Crippen LogP contribution in [0.15, 0.2) is 77.7 Å². The van der Waals surface area contributed by atoms with Crippen LogP contribution in [-0.2, 0) is 4.79 Å². The number of amides is 2. The van der Waals surface area contributed by atoms with Gasteiger partial charge in [0.15, 0.2) is 0 Å². The van der Waals surface area contributed by atoms with Gasteiger partial charge in [-0.2, -0.15) is 0 Å². The van der Waals surface area contributed by atoms with Crippen molar-refractivity contribution < 1.29 is 19.2 Å². The van der Waals surface area contributed by atoms with E-state index in [1.165, 1.54) is 36.0 Å². The average molecular weight is 437 g/mol. The molecule has 0 heterocycles. The van der Waals surface area contributed by atoms with Crippen LogP contribution in [0.25, 0.3) is 0 Å². The van der Waals surface area contributed by atoms with Crippen molar-refractivity contribution in [1.82, 2.24) is 0 Å². The Morgan fingerprint density at radius 3 is 2.32 bits per heavy atom. The van der Waals surface area contributed by atoms with Crippen LogP contribution in [-0.4, -0.2) is 29.6 Å². The van der Waals surface area contributed by atoms with Crippen molar-refractivity contribution in [2.24, 2.45) is 0 Å². The molecule has 0 spiro atoms. The van der Waals surface area contributed by atoms with Gasteiger partial charge in [0.25, 0.3) is 11.6 Å². The van der Waals surface area contributed by atoms with Crippen LogP contribution in [0, 0.1) is 10.1 Å². The normalized spacial score (nSPS) is 10.2. The molecule has 0 aromatic heterocycles. The summed E-state index contributed by atoms with van der Waals surface area (Å²) in [5.41, 5.74) is 1.56. The van der Waals surface area contributed by atoms with E-state index in [2.05, 4.69) is 10.6 Å². The quantitative estimate of drug-likeness (QED) is 0.303. The van der Waals surface area contributed by atoms with Crippen molar-refractivity contribution in [2.45, 2.75) is 4.90 Å². The highest BCUT2D eigenvalue weighted by Crippen LogP contribution is 2.23. The molecule has 3 aromatic carbocycles. The minimum Gasteiger partial charge on any atom is -0.497 e. The maximum Gasteiger partial charge on any atom is 0.269 e. The molecule has 8 nitrogen and oxygen atoms in total. The fourth-order valence-corrected chi connectivity index (χ4v) is 3.38. The number of nitrogens with one attached hydrogen (secondary N) is 2. The Kier molecular flexibility index (Phi) is 7.23. The summed E-state index contributed by atoms with van der Waals surface area (Å²) in [6.45, 7) is 0. The van der Waals surface area contributed by atoms with E-state index in [0.29, 0.717) is 22.7 Å². The van der Waals surface area contributed by atoms with E-state index in [-0.39, 0.29) is 23.3 Å². The lowest BCUT2D eigenvalue weighted by Crippen LogP contribution is -2.14. The van der Waals surface area contributed by atoms with Gasteiger partial charge in [0.1, 0.15) is 5.75 Å². The Morgan fingerprint density at radius 2 is 1.68 bits per heavy atom. The second kappa shape index (κ2) is 10.3. The summed E-state index contributed by atoms with van der Waals surface area (Å²) >= 11 is 1.31. The Labute approximate surface area is 182 Å². The summed E-state index contributed by atoms with van der Waals surface area (Å²) in [7, 11) is 1.56. The lowest BCUT2D eigenvalue weighted by Gasteiger charge is -2.08. The van der Waals surface area contributed by atoms with E-state index in [0.717, 1.165) is 4.90 Å². The minimum absolute atomic E-state index is 0.0409. The molecule has 0 aliphatic heterocycles. The van der Waals surface area contributed by atoms with Crippen LogP contribution in [0.5, 0.6) is 5.75 Å². The largest absolute Gasteiger partial charge is 0.497 e. The molecule has 31 heavy (non-hydrogen) atoms. The zero-order valence-electron chi connectivity index (χ0n) is 16.5. The number of hydrogen-bond acceptors (Lipinski definition) is 6. The third kappa shape index (κ3) is 6.31. The number of rotatable bonds is 8. The van der Waals surface area contributed by atoms with E-state index < -0.39 is 4.92 Å². The van der Waals surface area contributed by atoms with Crippen LogP contribution in [0.2, 0.25) is 0 Å². The van der Waals surface area contributed by atoms with Gasteiger partial charge in [-0.25, -0.2) is 0 Å². The van der Waals surface area contributed by atoms with Crippen molar-refractivity contribution in [3.05, 3.63) is 88.5 Å². The van der Waals surface area contributed by atoms with Gasteiger partial charge in [-0.3, -0.25) is 19.7 Å². The zero-order chi connectivity index (χ0) is 22.2. The average Bonchev–Trinajstić information content (AvgIpc) is 2.78. The first kappa shape index (κ1) is 21.8. The van der Waals surface area contributed by atoms with Crippen LogP contribution in [0.3, 0.4) is 0 Å². The maximum absolute atomic E-state index is 12.4. The number of hydrogen-bond donors (Lipinski definition) is 2. The molecular formula is C22H19N3O5S. The monoisotopic (exact) mass is 437 g/mol. The third-order valence-corrected chi connectivity index (χ3v) is 5.17. The van der Waals surface area contributed by atoms with Crippen LogP contribution < -0.4 is 15.4 Å². The number of anilines is 2. The van der Waals surface area contributed by atoms with Crippen molar-refractivity contribution in [2.75, 3.05) is 23.5 Å². The topological polar surface area (TPSA) is 111 Å². The fourth-order valence-electron chi connectivity index (χ4n) is 2.62. The highest BCUT2D eigenvalue weighted by molar-refractivity contribution is 8.00. The van der Waals surface area contributed by atoms with Gasteiger partial charge >= 0.3 is 0 Å². The predicted molar refractivity (Wildman–Crippen MR) is 120 cm³/mol. The summed E-state index contributed by atoms with van der Waals surface area (Å²) in [6, 6.07) is 19.6. The van der Waals surface area contributed by atoms with Gasteiger partial charge in [0.05, 0.1) is 17.8 Å². The maximum atomic E-state index is 12.4. The van der Waals surface area contributed by atoms with Crippen molar-refractivity contribution in [1.29, 1.82) is 0 Å². The SMILES string of the molecule is COc1ccc(C(=O)Nc2cccc(SCC(=O)Nc3ccc([N+](=O)[O-])cc3)c2)cc1. The highest BCUT2D eigenvalue weighted by atomic mass is 32.2. The second-order valence-electron chi connectivity index (χ2n) is 6.35.